The van der Waals surface area contributed by atoms with Gasteiger partial charge in [-0.25, -0.2) is 0 Å². The van der Waals surface area contributed by atoms with E-state index in [1.807, 2.05) is 0 Å². The first-order valence-electron chi connectivity index (χ1n) is 4.90. The molecule has 0 atom stereocenters. The van der Waals surface area contributed by atoms with Gasteiger partial charge in [-0.2, -0.15) is 0 Å². The molecule has 0 aliphatic heterocycles. The molecular weight excluding hydrogens is 230 g/mol. The van der Waals surface area contributed by atoms with Crippen molar-refractivity contribution in [2.45, 2.75) is 45.8 Å². The van der Waals surface area contributed by atoms with E-state index < -0.39 is 0 Å². The molecule has 0 fully saturated rings. The molecule has 0 aromatic rings. The minimum atomic E-state index is 0.212. The highest BCUT2D eigenvalue weighted by Gasteiger charge is 2.14. The summed E-state index contributed by atoms with van der Waals surface area (Å²) in [6.45, 7) is 10.3. The molecule has 13 heavy (non-hydrogen) atoms. The third-order valence-corrected chi connectivity index (χ3v) is 2.27. The average Bonchev–Trinajstić information content (AvgIpc) is 1.98. The summed E-state index contributed by atoms with van der Waals surface area (Å²) in [5.74, 6) is 0. The lowest BCUT2D eigenvalue weighted by atomic mass is 10.0. The van der Waals surface area contributed by atoms with Crippen LogP contribution < -0.4 is 5.32 Å². The lowest BCUT2D eigenvalue weighted by molar-refractivity contribution is 0.0768. The molecule has 0 aromatic carbocycles. The van der Waals surface area contributed by atoms with Gasteiger partial charge in [-0.3, -0.25) is 0 Å². The van der Waals surface area contributed by atoms with E-state index in [9.17, 15) is 0 Å². The van der Waals surface area contributed by atoms with Crippen molar-refractivity contribution in [2.24, 2.45) is 0 Å². The summed E-state index contributed by atoms with van der Waals surface area (Å²) in [5, 5.41) is 4.50. The quantitative estimate of drug-likeness (QED) is 0.555. The molecule has 2 nitrogen and oxygen atoms in total. The van der Waals surface area contributed by atoms with E-state index in [0.29, 0.717) is 6.10 Å². The van der Waals surface area contributed by atoms with Gasteiger partial charge in [0.1, 0.15) is 0 Å². The van der Waals surface area contributed by atoms with Crippen LogP contribution in [-0.2, 0) is 4.74 Å². The van der Waals surface area contributed by atoms with E-state index in [1.165, 1.54) is 0 Å². The molecule has 80 valence electrons. The maximum Gasteiger partial charge on any atom is 0.0594 e. The molecule has 0 rings (SSSR count). The van der Waals surface area contributed by atoms with Crippen molar-refractivity contribution in [3.63, 3.8) is 0 Å². The summed E-state index contributed by atoms with van der Waals surface area (Å²) in [6.07, 6.45) is 1.47. The standard InChI is InChI=1S/C10H22BrNO/c1-9(2)13-8-7-12-10(3,4)5-6-11/h9,12H,5-8H2,1-4H3. The second kappa shape index (κ2) is 6.80. The van der Waals surface area contributed by atoms with Crippen molar-refractivity contribution in [1.82, 2.24) is 5.32 Å². The number of hydrogen-bond acceptors (Lipinski definition) is 2. The van der Waals surface area contributed by atoms with Crippen molar-refractivity contribution in [2.75, 3.05) is 18.5 Å². The van der Waals surface area contributed by atoms with Gasteiger partial charge in [0.2, 0.25) is 0 Å². The Kier molecular flexibility index (Phi) is 7.00. The Bertz CT molecular complexity index is 126. The zero-order valence-electron chi connectivity index (χ0n) is 9.19. The molecule has 0 unspecified atom stereocenters. The third kappa shape index (κ3) is 8.72. The van der Waals surface area contributed by atoms with Crippen LogP contribution in [0.5, 0.6) is 0 Å². The van der Waals surface area contributed by atoms with Gasteiger partial charge in [-0.15, -0.1) is 0 Å². The Morgan fingerprint density at radius 1 is 1.38 bits per heavy atom. The van der Waals surface area contributed by atoms with Gasteiger partial charge in [0.05, 0.1) is 12.7 Å². The second-order valence-corrected chi connectivity index (χ2v) is 4.96. The van der Waals surface area contributed by atoms with Gasteiger partial charge in [0, 0.05) is 17.4 Å². The normalized spacial score (nSPS) is 12.5. The van der Waals surface area contributed by atoms with Crippen LogP contribution in [0.3, 0.4) is 0 Å². The van der Waals surface area contributed by atoms with Crippen LogP contribution in [0.2, 0.25) is 0 Å². The Morgan fingerprint density at radius 3 is 2.46 bits per heavy atom. The number of rotatable bonds is 7. The summed E-state index contributed by atoms with van der Waals surface area (Å²) < 4.78 is 5.44. The van der Waals surface area contributed by atoms with Gasteiger partial charge in [-0.05, 0) is 34.1 Å². The Labute approximate surface area is 90.6 Å². The number of halogens is 1. The SMILES string of the molecule is CC(C)OCCNC(C)(C)CCBr. The summed E-state index contributed by atoms with van der Waals surface area (Å²) in [5.41, 5.74) is 0.212. The van der Waals surface area contributed by atoms with Crippen molar-refractivity contribution in [3.05, 3.63) is 0 Å². The molecular formula is C10H22BrNO. The zero-order chi connectivity index (χ0) is 10.3. The van der Waals surface area contributed by atoms with Crippen LogP contribution in [0, 0.1) is 0 Å². The van der Waals surface area contributed by atoms with E-state index in [4.69, 9.17) is 4.74 Å². The minimum Gasteiger partial charge on any atom is -0.377 e. The number of nitrogens with one attached hydrogen (secondary N) is 1. The van der Waals surface area contributed by atoms with Crippen LogP contribution in [0.15, 0.2) is 0 Å². The lowest BCUT2D eigenvalue weighted by Crippen LogP contribution is -2.41. The first-order valence-corrected chi connectivity index (χ1v) is 6.02. The first-order chi connectivity index (χ1) is 5.98. The van der Waals surface area contributed by atoms with E-state index in [2.05, 4.69) is 48.9 Å². The summed E-state index contributed by atoms with van der Waals surface area (Å²) in [7, 11) is 0. The Balaban J connectivity index is 3.40. The fourth-order valence-corrected chi connectivity index (χ4v) is 2.00. The number of alkyl halides is 1. The smallest absolute Gasteiger partial charge is 0.0594 e. The van der Waals surface area contributed by atoms with Crippen molar-refractivity contribution >= 4 is 15.9 Å². The van der Waals surface area contributed by atoms with Crippen molar-refractivity contribution in [1.29, 1.82) is 0 Å². The van der Waals surface area contributed by atoms with Crippen LogP contribution in [0.4, 0.5) is 0 Å². The average molecular weight is 252 g/mol. The maximum absolute atomic E-state index is 5.44. The highest BCUT2D eigenvalue weighted by atomic mass is 79.9. The van der Waals surface area contributed by atoms with E-state index in [0.717, 1.165) is 24.9 Å². The molecule has 0 aliphatic rings. The van der Waals surface area contributed by atoms with Gasteiger partial charge < -0.3 is 10.1 Å². The predicted molar refractivity (Wildman–Crippen MR) is 61.6 cm³/mol. The van der Waals surface area contributed by atoms with Crippen LogP contribution >= 0.6 is 15.9 Å². The topological polar surface area (TPSA) is 21.3 Å². The van der Waals surface area contributed by atoms with Crippen molar-refractivity contribution < 1.29 is 4.74 Å². The van der Waals surface area contributed by atoms with E-state index in [-0.39, 0.29) is 5.54 Å². The Morgan fingerprint density at radius 2 is 2.00 bits per heavy atom. The van der Waals surface area contributed by atoms with Gasteiger partial charge in [-0.1, -0.05) is 15.9 Å². The van der Waals surface area contributed by atoms with E-state index in [1.54, 1.807) is 0 Å². The van der Waals surface area contributed by atoms with Crippen LogP contribution in [-0.4, -0.2) is 30.1 Å². The molecule has 0 heterocycles. The molecule has 1 N–H and O–H groups in total. The van der Waals surface area contributed by atoms with Gasteiger partial charge >= 0.3 is 0 Å². The van der Waals surface area contributed by atoms with Gasteiger partial charge in [0.25, 0.3) is 0 Å². The highest BCUT2D eigenvalue weighted by molar-refractivity contribution is 9.09. The Hall–Kier alpha value is 0.400. The molecule has 0 radical (unpaired) electrons. The lowest BCUT2D eigenvalue weighted by Gasteiger charge is -2.25. The highest BCUT2D eigenvalue weighted by Crippen LogP contribution is 2.09. The minimum absolute atomic E-state index is 0.212. The van der Waals surface area contributed by atoms with E-state index >= 15 is 0 Å². The van der Waals surface area contributed by atoms with Crippen LogP contribution in [0.25, 0.3) is 0 Å². The summed E-state index contributed by atoms with van der Waals surface area (Å²) in [6, 6.07) is 0. The fourth-order valence-electron chi connectivity index (χ4n) is 1.01. The molecule has 0 bridgehead atoms. The van der Waals surface area contributed by atoms with Crippen molar-refractivity contribution in [3.8, 4) is 0 Å². The van der Waals surface area contributed by atoms with Crippen LogP contribution in [0.1, 0.15) is 34.1 Å². The molecule has 0 saturated carbocycles. The monoisotopic (exact) mass is 251 g/mol. The largest absolute Gasteiger partial charge is 0.377 e. The third-order valence-electron chi connectivity index (χ3n) is 1.88. The fraction of sp³-hybridized carbons (Fsp3) is 1.00. The summed E-state index contributed by atoms with van der Waals surface area (Å²) in [4.78, 5) is 0. The summed E-state index contributed by atoms with van der Waals surface area (Å²) >= 11 is 3.45. The molecule has 0 aromatic heterocycles. The molecule has 0 amide bonds. The number of ether oxygens (including phenoxy) is 1. The molecule has 0 saturated heterocycles. The zero-order valence-corrected chi connectivity index (χ0v) is 10.8. The predicted octanol–water partition coefficient (Wildman–Crippen LogP) is 2.56. The first kappa shape index (κ1) is 13.4. The second-order valence-electron chi connectivity index (χ2n) is 4.17. The molecule has 0 aliphatic carbocycles. The molecule has 0 spiro atoms. The maximum atomic E-state index is 5.44. The molecule has 3 heteroatoms. The number of hydrogen-bond donors (Lipinski definition) is 1. The van der Waals surface area contributed by atoms with Gasteiger partial charge in [0.15, 0.2) is 0 Å².